The molecule has 6 heteroatoms. The molecule has 1 aromatic carbocycles. The van der Waals surface area contributed by atoms with Crippen molar-refractivity contribution in [1.82, 2.24) is 0 Å². The van der Waals surface area contributed by atoms with Crippen LogP contribution in [0.3, 0.4) is 0 Å². The van der Waals surface area contributed by atoms with E-state index in [0.29, 0.717) is 16.7 Å². The van der Waals surface area contributed by atoms with Crippen molar-refractivity contribution in [3.63, 3.8) is 0 Å². The van der Waals surface area contributed by atoms with Gasteiger partial charge in [0, 0.05) is 54.2 Å². The highest BCUT2D eigenvalue weighted by Crippen LogP contribution is 2.30. The van der Waals surface area contributed by atoms with E-state index in [1.807, 2.05) is 0 Å². The minimum atomic E-state index is -0.537. The van der Waals surface area contributed by atoms with Crippen molar-refractivity contribution in [3.05, 3.63) is 33.4 Å². The Hall–Kier alpha value is -3.69. The van der Waals surface area contributed by atoms with Gasteiger partial charge in [0.05, 0.1) is 0 Å². The molecule has 0 aliphatic heterocycles. The first-order valence-electron chi connectivity index (χ1n) is 7.77. The van der Waals surface area contributed by atoms with Crippen LogP contribution in [-0.4, -0.2) is 17.9 Å². The zero-order chi connectivity index (χ0) is 20.6. The van der Waals surface area contributed by atoms with Crippen molar-refractivity contribution in [2.45, 2.75) is 40.6 Å². The second-order valence-corrected chi connectivity index (χ2v) is 5.33. The molecule has 0 bridgehead atoms. The highest BCUT2D eigenvalue weighted by atomic mass is 16.5. The molecule has 0 fully saturated rings. The maximum absolute atomic E-state index is 11.2. The molecule has 138 valence electrons. The summed E-state index contributed by atoms with van der Waals surface area (Å²) in [5.41, 5.74) is 1.84. The van der Waals surface area contributed by atoms with Gasteiger partial charge in [-0.15, -0.1) is 19.3 Å². The van der Waals surface area contributed by atoms with Crippen molar-refractivity contribution < 1.29 is 28.6 Å². The number of ether oxygens (including phenoxy) is 3. The summed E-state index contributed by atoms with van der Waals surface area (Å²) in [6.07, 6.45) is 16.9. The van der Waals surface area contributed by atoms with E-state index < -0.39 is 17.9 Å². The summed E-state index contributed by atoms with van der Waals surface area (Å²) < 4.78 is 15.2. The van der Waals surface area contributed by atoms with E-state index in [1.54, 1.807) is 0 Å². The molecule has 1 rings (SSSR count). The molecule has 0 amide bonds. The first-order valence-corrected chi connectivity index (χ1v) is 7.77. The van der Waals surface area contributed by atoms with Crippen LogP contribution >= 0.6 is 0 Å². The second-order valence-electron chi connectivity index (χ2n) is 5.33. The van der Waals surface area contributed by atoms with E-state index in [-0.39, 0.29) is 36.5 Å². The monoisotopic (exact) mass is 366 g/mol. The van der Waals surface area contributed by atoms with Crippen LogP contribution in [0, 0.1) is 37.0 Å². The lowest BCUT2D eigenvalue weighted by atomic mass is 9.87. The smallest absolute Gasteiger partial charge is 0.302 e. The molecular formula is C21H18O6. The van der Waals surface area contributed by atoms with E-state index in [2.05, 4.69) is 17.8 Å². The molecule has 0 aromatic heterocycles. The summed E-state index contributed by atoms with van der Waals surface area (Å²) in [4.78, 5) is 33.7. The largest absolute Gasteiger partial charge is 0.461 e. The third-order valence-corrected chi connectivity index (χ3v) is 3.50. The van der Waals surface area contributed by atoms with E-state index in [1.165, 1.54) is 20.8 Å². The summed E-state index contributed by atoms with van der Waals surface area (Å²) in [6, 6.07) is 0. The minimum Gasteiger partial charge on any atom is -0.461 e. The zero-order valence-electron chi connectivity index (χ0n) is 15.3. The van der Waals surface area contributed by atoms with E-state index in [9.17, 15) is 14.4 Å². The number of hydrogen-bond donors (Lipinski definition) is 0. The molecule has 0 aliphatic rings. The lowest BCUT2D eigenvalue weighted by Gasteiger charge is -2.20. The molecule has 6 nitrogen and oxygen atoms in total. The fraction of sp³-hybridized carbons (Fsp3) is 0.286. The lowest BCUT2D eigenvalue weighted by molar-refractivity contribution is -0.142. The van der Waals surface area contributed by atoms with Gasteiger partial charge in [0.2, 0.25) is 0 Å². The van der Waals surface area contributed by atoms with E-state index in [4.69, 9.17) is 33.5 Å². The number of carbonyl (C=O) groups excluding carboxylic acids is 3. The standard InChI is InChI=1S/C21H18O6/c1-7-16-19(10-25-13(4)22)17(8-2)21(12-27-15(6)24)18(9-3)20(16)11-26-14(5)23/h1-3H,10-12H2,4-6H3. The normalized spacial score (nSPS) is 9.33. The van der Waals surface area contributed by atoms with Crippen molar-refractivity contribution in [3.8, 4) is 37.0 Å². The molecule has 0 unspecified atom stereocenters. The van der Waals surface area contributed by atoms with E-state index in [0.717, 1.165) is 0 Å². The SMILES string of the molecule is C#Cc1c(COC(C)=O)c(C#C)c(COC(C)=O)c(C#C)c1COC(C)=O. The predicted octanol–water partition coefficient (Wildman–Crippen LogP) is 1.82. The van der Waals surface area contributed by atoms with Crippen LogP contribution in [0.2, 0.25) is 0 Å². The number of rotatable bonds is 6. The van der Waals surface area contributed by atoms with Crippen molar-refractivity contribution in [2.75, 3.05) is 0 Å². The fourth-order valence-electron chi connectivity index (χ4n) is 2.40. The summed E-state index contributed by atoms with van der Waals surface area (Å²) in [5, 5.41) is 0. The van der Waals surface area contributed by atoms with Crippen LogP contribution < -0.4 is 0 Å². The van der Waals surface area contributed by atoms with Crippen molar-refractivity contribution >= 4 is 17.9 Å². The van der Waals surface area contributed by atoms with Gasteiger partial charge in [0.1, 0.15) is 19.8 Å². The van der Waals surface area contributed by atoms with Crippen molar-refractivity contribution in [2.24, 2.45) is 0 Å². The number of benzene rings is 1. The van der Waals surface area contributed by atoms with E-state index >= 15 is 0 Å². The molecule has 0 heterocycles. The van der Waals surface area contributed by atoms with Gasteiger partial charge in [-0.05, 0) is 0 Å². The van der Waals surface area contributed by atoms with Crippen molar-refractivity contribution in [1.29, 1.82) is 0 Å². The van der Waals surface area contributed by atoms with Gasteiger partial charge in [-0.2, -0.15) is 0 Å². The first kappa shape index (κ1) is 21.4. The molecule has 27 heavy (non-hydrogen) atoms. The quantitative estimate of drug-likeness (QED) is 0.434. The topological polar surface area (TPSA) is 78.9 Å². The number of carbonyl (C=O) groups is 3. The van der Waals surface area contributed by atoms with Crippen LogP contribution in [0.1, 0.15) is 54.2 Å². The Labute approximate surface area is 158 Å². The Bertz CT molecular complexity index is 762. The van der Waals surface area contributed by atoms with Crippen LogP contribution in [0.15, 0.2) is 0 Å². The Kier molecular flexibility index (Phi) is 7.68. The highest BCUT2D eigenvalue weighted by Gasteiger charge is 2.23. The van der Waals surface area contributed by atoms with Crippen LogP contribution in [0.5, 0.6) is 0 Å². The van der Waals surface area contributed by atoms with Gasteiger partial charge < -0.3 is 14.2 Å². The summed E-state index contributed by atoms with van der Waals surface area (Å²) in [6.45, 7) is 3.08. The number of hydrogen-bond acceptors (Lipinski definition) is 6. The Morgan fingerprint density at radius 1 is 0.630 bits per heavy atom. The molecular weight excluding hydrogens is 348 g/mol. The van der Waals surface area contributed by atoms with Gasteiger partial charge >= 0.3 is 17.9 Å². The number of terminal acetylenes is 3. The molecule has 0 atom stereocenters. The maximum atomic E-state index is 11.2. The third-order valence-electron chi connectivity index (χ3n) is 3.50. The van der Waals surface area contributed by atoms with Crippen LogP contribution in [0.4, 0.5) is 0 Å². The Balaban J connectivity index is 3.77. The van der Waals surface area contributed by atoms with Gasteiger partial charge in [0.25, 0.3) is 0 Å². The average Bonchev–Trinajstić information content (AvgIpc) is 2.61. The van der Waals surface area contributed by atoms with Gasteiger partial charge in [-0.1, -0.05) is 17.8 Å². The average molecular weight is 366 g/mol. The van der Waals surface area contributed by atoms with Gasteiger partial charge in [-0.3, -0.25) is 14.4 Å². The first-order chi connectivity index (χ1) is 12.8. The molecule has 0 saturated heterocycles. The maximum Gasteiger partial charge on any atom is 0.302 e. The molecule has 0 saturated carbocycles. The highest BCUT2D eigenvalue weighted by molar-refractivity contribution is 5.70. The number of esters is 3. The van der Waals surface area contributed by atoms with Crippen LogP contribution in [0.25, 0.3) is 0 Å². The Morgan fingerprint density at radius 3 is 1.00 bits per heavy atom. The lowest BCUT2D eigenvalue weighted by Crippen LogP contribution is -2.14. The summed E-state index contributed by atoms with van der Waals surface area (Å²) >= 11 is 0. The fourth-order valence-corrected chi connectivity index (χ4v) is 2.40. The molecule has 0 spiro atoms. The van der Waals surface area contributed by atoms with Crippen LogP contribution in [-0.2, 0) is 48.4 Å². The summed E-state index contributed by atoms with van der Waals surface area (Å²) in [7, 11) is 0. The minimum absolute atomic E-state index is 0.209. The Morgan fingerprint density at radius 2 is 0.852 bits per heavy atom. The second kappa shape index (κ2) is 9.70. The van der Waals surface area contributed by atoms with Gasteiger partial charge in [-0.25, -0.2) is 0 Å². The molecule has 0 aliphatic carbocycles. The third kappa shape index (κ3) is 5.39. The molecule has 0 N–H and O–H groups in total. The zero-order valence-corrected chi connectivity index (χ0v) is 15.3. The molecule has 0 radical (unpaired) electrons. The molecule has 1 aromatic rings. The predicted molar refractivity (Wildman–Crippen MR) is 96.7 cm³/mol. The van der Waals surface area contributed by atoms with Gasteiger partial charge in [0.15, 0.2) is 0 Å². The summed E-state index contributed by atoms with van der Waals surface area (Å²) in [5.74, 6) is 5.80.